The number of alkyl halides is 6. The Labute approximate surface area is 117 Å². The Kier molecular flexibility index (Phi) is 6.63. The van der Waals surface area contributed by atoms with E-state index in [1.165, 1.54) is 12.1 Å². The van der Waals surface area contributed by atoms with Crippen LogP contribution in [0.5, 0.6) is 5.75 Å². The van der Waals surface area contributed by atoms with Gasteiger partial charge in [0.2, 0.25) is 0 Å². The monoisotopic (exact) mass is 323 g/mol. The van der Waals surface area contributed by atoms with Crippen LogP contribution in [0.3, 0.4) is 0 Å². The Balaban J connectivity index is 0.00000361. The van der Waals surface area contributed by atoms with Crippen molar-refractivity contribution >= 4 is 12.4 Å². The number of nitrogens with two attached hydrogens (primary N) is 1. The maximum absolute atomic E-state index is 12.0. The number of halogens is 7. The molecular formula is C11H12ClF6NO. The van der Waals surface area contributed by atoms with E-state index in [9.17, 15) is 26.3 Å². The van der Waals surface area contributed by atoms with Gasteiger partial charge in [0.05, 0.1) is 0 Å². The Morgan fingerprint density at radius 2 is 1.70 bits per heavy atom. The maximum Gasteiger partial charge on any atom is 0.573 e. The highest BCUT2D eigenvalue weighted by Gasteiger charge is 2.31. The molecule has 0 aromatic heterocycles. The van der Waals surface area contributed by atoms with E-state index in [1.54, 1.807) is 0 Å². The van der Waals surface area contributed by atoms with E-state index in [2.05, 4.69) is 4.74 Å². The average Bonchev–Trinajstić information content (AvgIpc) is 2.23. The fourth-order valence-electron chi connectivity index (χ4n) is 1.43. The highest BCUT2D eigenvalue weighted by atomic mass is 35.5. The normalized spacial score (nSPS) is 13.6. The number of hydrogen-bond donors (Lipinski definition) is 1. The molecular weight excluding hydrogens is 312 g/mol. The average molecular weight is 324 g/mol. The summed E-state index contributed by atoms with van der Waals surface area (Å²) in [6.45, 7) is 0. The Morgan fingerprint density at radius 3 is 2.20 bits per heavy atom. The van der Waals surface area contributed by atoms with E-state index in [0.717, 1.165) is 12.1 Å². The van der Waals surface area contributed by atoms with Crippen molar-refractivity contribution in [2.75, 3.05) is 0 Å². The van der Waals surface area contributed by atoms with Gasteiger partial charge in [0, 0.05) is 12.5 Å². The van der Waals surface area contributed by atoms with E-state index >= 15 is 0 Å². The van der Waals surface area contributed by atoms with Gasteiger partial charge in [-0.2, -0.15) is 13.2 Å². The number of benzene rings is 1. The quantitative estimate of drug-likeness (QED) is 0.836. The minimum absolute atomic E-state index is 0. The summed E-state index contributed by atoms with van der Waals surface area (Å²) in [4.78, 5) is 0. The van der Waals surface area contributed by atoms with Gasteiger partial charge in [-0.3, -0.25) is 0 Å². The second-order valence-corrected chi connectivity index (χ2v) is 3.88. The van der Waals surface area contributed by atoms with Crippen molar-refractivity contribution in [3.05, 3.63) is 29.8 Å². The molecule has 0 aliphatic carbocycles. The molecule has 1 rings (SSSR count). The van der Waals surface area contributed by atoms with Gasteiger partial charge in [-0.05, 0) is 24.1 Å². The Bertz CT molecular complexity index is 420. The van der Waals surface area contributed by atoms with Gasteiger partial charge in [-0.1, -0.05) is 12.1 Å². The summed E-state index contributed by atoms with van der Waals surface area (Å²) in [5, 5.41) is 0. The summed E-state index contributed by atoms with van der Waals surface area (Å²) in [6.07, 6.45) is -10.7. The predicted octanol–water partition coefficient (Wildman–Crippen LogP) is 4.35. The molecule has 9 heteroatoms. The molecule has 2 nitrogen and oxygen atoms in total. The lowest BCUT2D eigenvalue weighted by atomic mass is 10.0. The van der Waals surface area contributed by atoms with E-state index in [4.69, 9.17) is 5.73 Å². The summed E-state index contributed by atoms with van der Waals surface area (Å²) in [6, 6.07) is 3.62. The molecule has 1 atom stereocenters. The second kappa shape index (κ2) is 7.03. The lowest BCUT2D eigenvalue weighted by Gasteiger charge is -2.15. The van der Waals surface area contributed by atoms with Gasteiger partial charge in [0.15, 0.2) is 0 Å². The van der Waals surface area contributed by atoms with Crippen LogP contribution in [0.2, 0.25) is 0 Å². The second-order valence-electron chi connectivity index (χ2n) is 3.88. The first-order valence-electron chi connectivity index (χ1n) is 5.25. The molecule has 0 bridgehead atoms. The lowest BCUT2D eigenvalue weighted by molar-refractivity contribution is -0.274. The SMILES string of the molecule is Cl.N[C@H](CCC(F)(F)F)c1cccc(OC(F)(F)F)c1. The molecule has 20 heavy (non-hydrogen) atoms. The highest BCUT2D eigenvalue weighted by Crippen LogP contribution is 2.29. The Hall–Kier alpha value is -1.15. The summed E-state index contributed by atoms with van der Waals surface area (Å²) in [7, 11) is 0. The minimum Gasteiger partial charge on any atom is -0.406 e. The molecule has 2 N–H and O–H groups in total. The van der Waals surface area contributed by atoms with Gasteiger partial charge >= 0.3 is 12.5 Å². The van der Waals surface area contributed by atoms with Crippen molar-refractivity contribution in [3.8, 4) is 5.75 Å². The molecule has 0 saturated heterocycles. The summed E-state index contributed by atoms with van der Waals surface area (Å²) < 4.78 is 75.6. The molecule has 0 unspecified atom stereocenters. The van der Waals surface area contributed by atoms with Crippen molar-refractivity contribution < 1.29 is 31.1 Å². The third-order valence-electron chi connectivity index (χ3n) is 2.26. The van der Waals surface area contributed by atoms with Gasteiger partial charge in [-0.25, -0.2) is 0 Å². The van der Waals surface area contributed by atoms with Crippen LogP contribution in [0.1, 0.15) is 24.4 Å². The van der Waals surface area contributed by atoms with Crippen LogP contribution >= 0.6 is 12.4 Å². The van der Waals surface area contributed by atoms with Crippen LogP contribution in [0.15, 0.2) is 24.3 Å². The summed E-state index contributed by atoms with van der Waals surface area (Å²) in [5.74, 6) is -0.507. The third-order valence-corrected chi connectivity index (χ3v) is 2.26. The zero-order chi connectivity index (χ0) is 14.7. The zero-order valence-electron chi connectivity index (χ0n) is 9.96. The van der Waals surface area contributed by atoms with Crippen molar-refractivity contribution in [2.24, 2.45) is 5.73 Å². The molecule has 1 aromatic carbocycles. The van der Waals surface area contributed by atoms with Crippen LogP contribution in [0, 0.1) is 0 Å². The molecule has 0 aliphatic heterocycles. The highest BCUT2D eigenvalue weighted by molar-refractivity contribution is 5.85. The fraction of sp³-hybridized carbons (Fsp3) is 0.455. The first-order chi connectivity index (χ1) is 8.57. The molecule has 1 aromatic rings. The number of rotatable bonds is 4. The van der Waals surface area contributed by atoms with Gasteiger partial charge < -0.3 is 10.5 Å². The van der Waals surface area contributed by atoms with E-state index < -0.39 is 37.2 Å². The molecule has 0 aliphatic rings. The van der Waals surface area contributed by atoms with Crippen LogP contribution in [-0.4, -0.2) is 12.5 Å². The lowest BCUT2D eigenvalue weighted by Crippen LogP contribution is -2.18. The molecule has 116 valence electrons. The van der Waals surface area contributed by atoms with Gasteiger partial charge in [0.25, 0.3) is 0 Å². The largest absolute Gasteiger partial charge is 0.573 e. The van der Waals surface area contributed by atoms with Crippen LogP contribution in [0.25, 0.3) is 0 Å². The van der Waals surface area contributed by atoms with Crippen molar-refractivity contribution in [2.45, 2.75) is 31.4 Å². The molecule has 0 fully saturated rings. The van der Waals surface area contributed by atoms with Crippen molar-refractivity contribution in [1.82, 2.24) is 0 Å². The molecule has 0 amide bonds. The molecule has 0 heterocycles. The smallest absolute Gasteiger partial charge is 0.406 e. The van der Waals surface area contributed by atoms with E-state index in [1.807, 2.05) is 0 Å². The zero-order valence-corrected chi connectivity index (χ0v) is 10.8. The first kappa shape index (κ1) is 18.9. The van der Waals surface area contributed by atoms with Gasteiger partial charge in [0.1, 0.15) is 5.75 Å². The van der Waals surface area contributed by atoms with Crippen LogP contribution in [0.4, 0.5) is 26.3 Å². The fourth-order valence-corrected chi connectivity index (χ4v) is 1.43. The van der Waals surface area contributed by atoms with Crippen molar-refractivity contribution in [3.63, 3.8) is 0 Å². The summed E-state index contributed by atoms with van der Waals surface area (Å²) >= 11 is 0. The standard InChI is InChI=1S/C11H11F6NO.ClH/c12-10(13,14)5-4-9(18)7-2-1-3-8(6-7)19-11(15,16)17;/h1-3,6,9H,4-5,18H2;1H/t9-;/m1./s1. The van der Waals surface area contributed by atoms with Crippen LogP contribution < -0.4 is 10.5 Å². The van der Waals surface area contributed by atoms with E-state index in [0.29, 0.717) is 0 Å². The molecule has 0 radical (unpaired) electrons. The van der Waals surface area contributed by atoms with Gasteiger partial charge in [-0.15, -0.1) is 25.6 Å². The van der Waals surface area contributed by atoms with Crippen LogP contribution in [-0.2, 0) is 0 Å². The van der Waals surface area contributed by atoms with E-state index in [-0.39, 0.29) is 18.0 Å². The number of ether oxygens (including phenoxy) is 1. The number of hydrogen-bond acceptors (Lipinski definition) is 2. The molecule has 0 spiro atoms. The predicted molar refractivity (Wildman–Crippen MR) is 62.6 cm³/mol. The topological polar surface area (TPSA) is 35.2 Å². The summed E-state index contributed by atoms with van der Waals surface area (Å²) in [5.41, 5.74) is 5.66. The third kappa shape index (κ3) is 7.44. The minimum atomic E-state index is -4.85. The first-order valence-corrected chi connectivity index (χ1v) is 5.25. The molecule has 0 saturated carbocycles. The van der Waals surface area contributed by atoms with Crippen molar-refractivity contribution in [1.29, 1.82) is 0 Å². The Morgan fingerprint density at radius 1 is 1.10 bits per heavy atom. The maximum atomic E-state index is 12.0.